The van der Waals surface area contributed by atoms with E-state index in [2.05, 4.69) is 15.6 Å². The first-order valence-electron chi connectivity index (χ1n) is 8.48. The van der Waals surface area contributed by atoms with E-state index in [1.54, 1.807) is 6.20 Å². The van der Waals surface area contributed by atoms with Crippen LogP contribution in [-0.4, -0.2) is 16.4 Å². The lowest BCUT2D eigenvalue weighted by molar-refractivity contribution is 0.0921. The van der Waals surface area contributed by atoms with Crippen LogP contribution >= 0.6 is 11.6 Å². The van der Waals surface area contributed by atoms with Crippen LogP contribution in [-0.2, 0) is 0 Å². The highest BCUT2D eigenvalue weighted by molar-refractivity contribution is 6.30. The van der Waals surface area contributed by atoms with Crippen molar-refractivity contribution in [3.05, 3.63) is 64.8 Å². The molecule has 5 heteroatoms. The third-order valence-electron chi connectivity index (χ3n) is 3.94. The number of benzene rings is 2. The summed E-state index contributed by atoms with van der Waals surface area (Å²) in [5.74, 6) is 0.567. The molecule has 134 valence electrons. The summed E-state index contributed by atoms with van der Waals surface area (Å²) in [7, 11) is 0. The van der Waals surface area contributed by atoms with Crippen molar-refractivity contribution in [2.24, 2.45) is 0 Å². The topological polar surface area (TPSA) is 54.0 Å². The lowest BCUT2D eigenvalue weighted by Gasteiger charge is -2.21. The van der Waals surface area contributed by atoms with Crippen LogP contribution in [0.1, 0.15) is 36.7 Å². The van der Waals surface area contributed by atoms with Gasteiger partial charge in [0.15, 0.2) is 0 Å². The molecule has 26 heavy (non-hydrogen) atoms. The van der Waals surface area contributed by atoms with Crippen molar-refractivity contribution >= 4 is 39.8 Å². The Kier molecular flexibility index (Phi) is 4.88. The first-order chi connectivity index (χ1) is 12.2. The number of hydrogen-bond acceptors (Lipinski definition) is 3. The van der Waals surface area contributed by atoms with Gasteiger partial charge in [0.2, 0.25) is 0 Å². The minimum Gasteiger partial charge on any atom is -0.347 e. The van der Waals surface area contributed by atoms with Crippen LogP contribution in [0.4, 0.5) is 11.5 Å². The highest BCUT2D eigenvalue weighted by Crippen LogP contribution is 2.30. The summed E-state index contributed by atoms with van der Waals surface area (Å²) in [5.41, 5.74) is 2.13. The molecule has 0 saturated heterocycles. The van der Waals surface area contributed by atoms with Crippen LogP contribution in [0.2, 0.25) is 5.02 Å². The number of nitrogens with one attached hydrogen (secondary N) is 2. The molecule has 1 heterocycles. The predicted molar refractivity (Wildman–Crippen MR) is 108 cm³/mol. The van der Waals surface area contributed by atoms with Gasteiger partial charge in [-0.2, -0.15) is 0 Å². The molecule has 0 aliphatic carbocycles. The smallest absolute Gasteiger partial charge is 0.253 e. The van der Waals surface area contributed by atoms with Crippen molar-refractivity contribution in [2.75, 3.05) is 5.32 Å². The maximum absolute atomic E-state index is 12.8. The van der Waals surface area contributed by atoms with E-state index in [0.717, 1.165) is 22.0 Å². The maximum Gasteiger partial charge on any atom is 0.253 e. The van der Waals surface area contributed by atoms with Gasteiger partial charge in [0.25, 0.3) is 5.91 Å². The number of anilines is 2. The molecule has 0 unspecified atom stereocenters. The van der Waals surface area contributed by atoms with Crippen molar-refractivity contribution in [3.63, 3.8) is 0 Å². The van der Waals surface area contributed by atoms with Gasteiger partial charge in [-0.1, -0.05) is 35.9 Å². The highest BCUT2D eigenvalue weighted by Gasteiger charge is 2.20. The van der Waals surface area contributed by atoms with E-state index in [0.29, 0.717) is 16.4 Å². The lowest BCUT2D eigenvalue weighted by Crippen LogP contribution is -2.40. The minimum atomic E-state index is -0.316. The third-order valence-corrected chi connectivity index (χ3v) is 4.18. The van der Waals surface area contributed by atoms with Gasteiger partial charge in [-0.25, -0.2) is 4.98 Å². The molecule has 0 saturated carbocycles. The molecule has 0 bridgehead atoms. The standard InChI is InChI=1S/C21H22ClN3O/c1-13-7-5-10-16-18(13)17(20(26)25-21(2,3)4)12-23-19(16)24-15-9-6-8-14(22)11-15/h5-12H,1-4H3,(H,23,24)(H,25,26). The maximum atomic E-state index is 12.8. The zero-order valence-electron chi connectivity index (χ0n) is 15.4. The number of halogens is 1. The second-order valence-corrected chi connectivity index (χ2v) is 7.79. The average molecular weight is 368 g/mol. The SMILES string of the molecule is Cc1cccc2c(Nc3cccc(Cl)c3)ncc(C(=O)NC(C)(C)C)c12. The fourth-order valence-corrected chi connectivity index (χ4v) is 3.06. The molecule has 0 fully saturated rings. The minimum absolute atomic E-state index is 0.126. The van der Waals surface area contributed by atoms with Crippen LogP contribution in [0.5, 0.6) is 0 Å². The Morgan fingerprint density at radius 1 is 1.12 bits per heavy atom. The van der Waals surface area contributed by atoms with E-state index >= 15 is 0 Å². The molecule has 0 spiro atoms. The summed E-state index contributed by atoms with van der Waals surface area (Å²) in [6.07, 6.45) is 1.63. The van der Waals surface area contributed by atoms with Crippen LogP contribution in [0, 0.1) is 6.92 Å². The summed E-state index contributed by atoms with van der Waals surface area (Å²) >= 11 is 6.07. The Labute approximate surface area is 158 Å². The molecule has 2 aromatic carbocycles. The Balaban J connectivity index is 2.10. The molecule has 1 aromatic heterocycles. The molecule has 3 aromatic rings. The molecule has 3 rings (SSSR count). The predicted octanol–water partition coefficient (Wildman–Crippen LogP) is 5.47. The number of pyridine rings is 1. The van der Waals surface area contributed by atoms with Crippen LogP contribution < -0.4 is 10.6 Å². The quantitative estimate of drug-likeness (QED) is 0.645. The Morgan fingerprint density at radius 2 is 1.85 bits per heavy atom. The van der Waals surface area contributed by atoms with Crippen molar-refractivity contribution < 1.29 is 4.79 Å². The zero-order valence-corrected chi connectivity index (χ0v) is 16.1. The van der Waals surface area contributed by atoms with Crippen LogP contribution in [0.15, 0.2) is 48.7 Å². The second kappa shape index (κ2) is 6.96. The zero-order chi connectivity index (χ0) is 18.9. The summed E-state index contributed by atoms with van der Waals surface area (Å²) in [5, 5.41) is 8.76. The normalized spacial score (nSPS) is 11.4. The number of carbonyl (C=O) groups is 1. The number of hydrogen-bond donors (Lipinski definition) is 2. The number of nitrogens with zero attached hydrogens (tertiary/aromatic N) is 1. The van der Waals surface area contributed by atoms with Crippen LogP contribution in [0.25, 0.3) is 10.8 Å². The van der Waals surface area contributed by atoms with Gasteiger partial charge in [-0.15, -0.1) is 0 Å². The molecule has 4 nitrogen and oxygen atoms in total. The number of amides is 1. The summed E-state index contributed by atoms with van der Waals surface area (Å²) < 4.78 is 0. The first kappa shape index (κ1) is 18.2. The van der Waals surface area contributed by atoms with E-state index < -0.39 is 0 Å². The van der Waals surface area contributed by atoms with Crippen molar-refractivity contribution in [1.29, 1.82) is 0 Å². The largest absolute Gasteiger partial charge is 0.347 e. The highest BCUT2D eigenvalue weighted by atomic mass is 35.5. The van der Waals surface area contributed by atoms with Gasteiger partial charge < -0.3 is 10.6 Å². The van der Waals surface area contributed by atoms with Crippen molar-refractivity contribution in [2.45, 2.75) is 33.2 Å². The first-order valence-corrected chi connectivity index (χ1v) is 8.86. The molecule has 0 aliphatic rings. The second-order valence-electron chi connectivity index (χ2n) is 7.36. The van der Waals surface area contributed by atoms with Crippen molar-refractivity contribution in [3.8, 4) is 0 Å². The molecular formula is C21H22ClN3O. The molecule has 2 N–H and O–H groups in total. The molecule has 1 amide bonds. The number of carbonyl (C=O) groups excluding carboxylic acids is 1. The van der Waals surface area contributed by atoms with Gasteiger partial charge in [-0.3, -0.25) is 4.79 Å². The number of aryl methyl sites for hydroxylation is 1. The van der Waals surface area contributed by atoms with Crippen LogP contribution in [0.3, 0.4) is 0 Å². The number of rotatable bonds is 3. The number of aromatic nitrogens is 1. The fraction of sp³-hybridized carbons (Fsp3) is 0.238. The molecule has 0 atom stereocenters. The Hall–Kier alpha value is -2.59. The average Bonchev–Trinajstić information content (AvgIpc) is 2.54. The molecule has 0 radical (unpaired) electrons. The number of fused-ring (bicyclic) bond motifs is 1. The Bertz CT molecular complexity index is 977. The van der Waals surface area contributed by atoms with Gasteiger partial charge in [0.05, 0.1) is 5.56 Å². The third kappa shape index (κ3) is 3.97. The Morgan fingerprint density at radius 3 is 2.54 bits per heavy atom. The van der Waals surface area contributed by atoms with Gasteiger partial charge in [0.1, 0.15) is 5.82 Å². The van der Waals surface area contributed by atoms with E-state index in [-0.39, 0.29) is 11.4 Å². The summed E-state index contributed by atoms with van der Waals surface area (Å²) in [4.78, 5) is 17.3. The lowest BCUT2D eigenvalue weighted by atomic mass is 10.00. The van der Waals surface area contributed by atoms with E-state index in [1.807, 2.05) is 70.2 Å². The van der Waals surface area contributed by atoms with Gasteiger partial charge in [0, 0.05) is 33.2 Å². The van der Waals surface area contributed by atoms with Gasteiger partial charge >= 0.3 is 0 Å². The van der Waals surface area contributed by atoms with E-state index in [9.17, 15) is 4.79 Å². The van der Waals surface area contributed by atoms with E-state index in [4.69, 9.17) is 11.6 Å². The van der Waals surface area contributed by atoms with E-state index in [1.165, 1.54) is 0 Å². The van der Waals surface area contributed by atoms with Crippen molar-refractivity contribution in [1.82, 2.24) is 10.3 Å². The molecule has 0 aliphatic heterocycles. The summed E-state index contributed by atoms with van der Waals surface area (Å²) in [6.45, 7) is 7.88. The van der Waals surface area contributed by atoms with Gasteiger partial charge in [-0.05, 0) is 51.5 Å². The fourth-order valence-electron chi connectivity index (χ4n) is 2.87. The molecular weight excluding hydrogens is 346 g/mol. The summed E-state index contributed by atoms with van der Waals surface area (Å²) in [6, 6.07) is 13.4. The monoisotopic (exact) mass is 367 g/mol.